The normalized spacial score (nSPS) is 28.8. The minimum absolute atomic E-state index is 0.275. The van der Waals surface area contributed by atoms with Gasteiger partial charge in [-0.25, -0.2) is 0 Å². The molecule has 0 aromatic heterocycles. The summed E-state index contributed by atoms with van der Waals surface area (Å²) in [6.07, 6.45) is 2.40. The smallest absolute Gasteiger partial charge is 0.164 e. The van der Waals surface area contributed by atoms with Crippen LogP contribution in [0.1, 0.15) is 24.3 Å². The fourth-order valence-corrected chi connectivity index (χ4v) is 2.66. The Morgan fingerprint density at radius 1 is 1.40 bits per heavy atom. The quantitative estimate of drug-likeness (QED) is 0.676. The number of phenols is 1. The summed E-state index contributed by atoms with van der Waals surface area (Å²) in [4.78, 5) is 0. The van der Waals surface area contributed by atoms with E-state index < -0.39 is 0 Å². The molecule has 2 aliphatic heterocycles. The van der Waals surface area contributed by atoms with Gasteiger partial charge in [0.1, 0.15) is 6.61 Å². The minimum atomic E-state index is 0.275. The molecule has 2 N–H and O–H groups in total. The lowest BCUT2D eigenvalue weighted by Gasteiger charge is -2.37. The predicted octanol–water partition coefficient (Wildman–Crippen LogP) is 1.62. The molecule has 0 radical (unpaired) electrons. The number of benzene rings is 1. The zero-order valence-electron chi connectivity index (χ0n) is 8.57. The number of ether oxygens (including phenoxy) is 1. The van der Waals surface area contributed by atoms with Crippen molar-refractivity contribution in [1.82, 2.24) is 5.32 Å². The van der Waals surface area contributed by atoms with Crippen molar-refractivity contribution in [2.24, 2.45) is 0 Å². The van der Waals surface area contributed by atoms with Crippen LogP contribution in [0.3, 0.4) is 0 Å². The van der Waals surface area contributed by atoms with Crippen LogP contribution in [-0.2, 0) is 0 Å². The molecule has 2 atom stereocenters. The van der Waals surface area contributed by atoms with Crippen molar-refractivity contribution in [3.8, 4) is 11.5 Å². The molecule has 1 aromatic carbocycles. The molecule has 0 amide bonds. The number of fused-ring (bicyclic) bond motifs is 3. The van der Waals surface area contributed by atoms with Gasteiger partial charge < -0.3 is 15.2 Å². The van der Waals surface area contributed by atoms with Gasteiger partial charge in [-0.15, -0.1) is 0 Å². The van der Waals surface area contributed by atoms with E-state index in [2.05, 4.69) is 11.4 Å². The van der Waals surface area contributed by atoms with E-state index in [1.807, 2.05) is 6.07 Å². The minimum Gasteiger partial charge on any atom is -0.504 e. The van der Waals surface area contributed by atoms with Gasteiger partial charge in [-0.05, 0) is 25.5 Å². The second-order valence-electron chi connectivity index (χ2n) is 4.32. The standard InChI is InChI=1S/C12H15NO2/c14-11-5-1-3-9-8-4-2-6-13-10(8)7-15-12(9)11/h1,3,5,8,10,13-14H,2,4,6-7H2/t8-,10-/m0/s1. The van der Waals surface area contributed by atoms with E-state index in [1.165, 1.54) is 18.4 Å². The average molecular weight is 205 g/mol. The second-order valence-corrected chi connectivity index (χ2v) is 4.32. The van der Waals surface area contributed by atoms with E-state index in [0.29, 0.717) is 24.3 Å². The summed E-state index contributed by atoms with van der Waals surface area (Å²) in [5, 5.41) is 13.2. The topological polar surface area (TPSA) is 41.5 Å². The Morgan fingerprint density at radius 3 is 3.27 bits per heavy atom. The first-order chi connectivity index (χ1) is 7.36. The largest absolute Gasteiger partial charge is 0.504 e. The summed E-state index contributed by atoms with van der Waals surface area (Å²) < 4.78 is 5.61. The van der Waals surface area contributed by atoms with E-state index in [-0.39, 0.29) is 5.75 Å². The van der Waals surface area contributed by atoms with Crippen LogP contribution >= 0.6 is 0 Å². The van der Waals surface area contributed by atoms with Gasteiger partial charge in [0, 0.05) is 17.5 Å². The van der Waals surface area contributed by atoms with E-state index in [9.17, 15) is 5.11 Å². The Kier molecular flexibility index (Phi) is 2.06. The van der Waals surface area contributed by atoms with Gasteiger partial charge >= 0.3 is 0 Å². The molecular weight excluding hydrogens is 190 g/mol. The van der Waals surface area contributed by atoms with Crippen LogP contribution in [0.4, 0.5) is 0 Å². The highest BCUT2D eigenvalue weighted by molar-refractivity contribution is 5.49. The lowest BCUT2D eigenvalue weighted by Crippen LogP contribution is -2.46. The molecule has 15 heavy (non-hydrogen) atoms. The van der Waals surface area contributed by atoms with Crippen molar-refractivity contribution in [2.45, 2.75) is 24.8 Å². The monoisotopic (exact) mass is 205 g/mol. The third-order valence-corrected chi connectivity index (χ3v) is 3.42. The van der Waals surface area contributed by atoms with Crippen molar-refractivity contribution in [2.75, 3.05) is 13.2 Å². The molecule has 2 aliphatic rings. The Hall–Kier alpha value is -1.22. The molecule has 1 fully saturated rings. The number of aromatic hydroxyl groups is 1. The fourth-order valence-electron chi connectivity index (χ4n) is 2.66. The van der Waals surface area contributed by atoms with Crippen molar-refractivity contribution in [3.05, 3.63) is 23.8 Å². The van der Waals surface area contributed by atoms with Crippen LogP contribution < -0.4 is 10.1 Å². The van der Waals surface area contributed by atoms with Crippen LogP contribution in [0.15, 0.2) is 18.2 Å². The molecule has 0 bridgehead atoms. The van der Waals surface area contributed by atoms with Gasteiger partial charge in [-0.2, -0.15) is 0 Å². The van der Waals surface area contributed by atoms with Gasteiger partial charge in [-0.1, -0.05) is 12.1 Å². The fraction of sp³-hybridized carbons (Fsp3) is 0.500. The number of hydrogen-bond acceptors (Lipinski definition) is 3. The molecule has 1 aromatic rings. The molecule has 0 saturated carbocycles. The zero-order valence-corrected chi connectivity index (χ0v) is 8.57. The molecular formula is C12H15NO2. The van der Waals surface area contributed by atoms with Gasteiger partial charge in [0.05, 0.1) is 0 Å². The predicted molar refractivity (Wildman–Crippen MR) is 57.4 cm³/mol. The Balaban J connectivity index is 2.03. The van der Waals surface area contributed by atoms with Crippen molar-refractivity contribution >= 4 is 0 Å². The van der Waals surface area contributed by atoms with E-state index in [4.69, 9.17) is 4.74 Å². The summed E-state index contributed by atoms with van der Waals surface area (Å²) >= 11 is 0. The van der Waals surface area contributed by atoms with E-state index >= 15 is 0 Å². The number of para-hydroxylation sites is 1. The third kappa shape index (κ3) is 1.38. The zero-order chi connectivity index (χ0) is 10.3. The summed E-state index contributed by atoms with van der Waals surface area (Å²) in [7, 11) is 0. The highest BCUT2D eigenvalue weighted by Gasteiger charge is 2.33. The van der Waals surface area contributed by atoms with Crippen LogP contribution in [0, 0.1) is 0 Å². The van der Waals surface area contributed by atoms with E-state index in [0.717, 1.165) is 6.54 Å². The lowest BCUT2D eigenvalue weighted by atomic mass is 9.83. The Labute approximate surface area is 89.1 Å². The summed E-state index contributed by atoms with van der Waals surface area (Å²) in [6.45, 7) is 1.76. The number of phenolic OH excluding ortho intramolecular Hbond substituents is 1. The molecule has 0 unspecified atom stereocenters. The molecule has 3 heteroatoms. The van der Waals surface area contributed by atoms with Crippen LogP contribution in [0.5, 0.6) is 11.5 Å². The molecule has 1 saturated heterocycles. The maximum absolute atomic E-state index is 9.70. The molecule has 0 aliphatic carbocycles. The van der Waals surface area contributed by atoms with Crippen molar-refractivity contribution in [1.29, 1.82) is 0 Å². The molecule has 2 heterocycles. The maximum atomic E-state index is 9.70. The Morgan fingerprint density at radius 2 is 2.33 bits per heavy atom. The summed E-state index contributed by atoms with van der Waals surface area (Å²) in [5.41, 5.74) is 1.17. The lowest BCUT2D eigenvalue weighted by molar-refractivity contribution is 0.184. The highest BCUT2D eigenvalue weighted by atomic mass is 16.5. The van der Waals surface area contributed by atoms with Crippen molar-refractivity contribution in [3.63, 3.8) is 0 Å². The van der Waals surface area contributed by atoms with Gasteiger partial charge in [-0.3, -0.25) is 0 Å². The molecule has 0 spiro atoms. The first kappa shape index (κ1) is 9.04. The van der Waals surface area contributed by atoms with Crippen molar-refractivity contribution < 1.29 is 9.84 Å². The maximum Gasteiger partial charge on any atom is 0.164 e. The van der Waals surface area contributed by atoms with Crippen LogP contribution in [-0.4, -0.2) is 24.3 Å². The molecule has 3 rings (SSSR count). The van der Waals surface area contributed by atoms with E-state index in [1.54, 1.807) is 6.07 Å². The van der Waals surface area contributed by atoms with Gasteiger partial charge in [0.15, 0.2) is 11.5 Å². The average Bonchev–Trinajstić information content (AvgIpc) is 2.29. The summed E-state index contributed by atoms with van der Waals surface area (Å²) in [5.74, 6) is 1.48. The SMILES string of the molecule is Oc1cccc2c1OC[C@@H]1NCCC[C@@H]21. The molecule has 80 valence electrons. The highest BCUT2D eigenvalue weighted by Crippen LogP contribution is 2.42. The van der Waals surface area contributed by atoms with Gasteiger partial charge in [0.25, 0.3) is 0 Å². The number of rotatable bonds is 0. The first-order valence-corrected chi connectivity index (χ1v) is 5.54. The molecule has 3 nitrogen and oxygen atoms in total. The van der Waals surface area contributed by atoms with Crippen LogP contribution in [0.25, 0.3) is 0 Å². The first-order valence-electron chi connectivity index (χ1n) is 5.54. The number of hydrogen-bond donors (Lipinski definition) is 2. The van der Waals surface area contributed by atoms with Crippen LogP contribution in [0.2, 0.25) is 0 Å². The Bertz CT molecular complexity index is 378. The second kappa shape index (κ2) is 3.42. The van der Waals surface area contributed by atoms with Gasteiger partial charge in [0.2, 0.25) is 0 Å². The third-order valence-electron chi connectivity index (χ3n) is 3.42. The summed E-state index contributed by atoms with van der Waals surface area (Å²) in [6, 6.07) is 6.08. The number of piperidine rings is 1. The number of nitrogens with one attached hydrogen (secondary N) is 1.